The highest BCUT2D eigenvalue weighted by atomic mass is 16.3. The van der Waals surface area contributed by atoms with Crippen LogP contribution in [0.5, 0.6) is 0 Å². The molecule has 1 amide bonds. The maximum absolute atomic E-state index is 12.8. The number of amides is 1. The number of furan rings is 1. The van der Waals surface area contributed by atoms with Crippen molar-refractivity contribution in [1.82, 2.24) is 14.9 Å². The molecule has 4 rings (SSSR count). The molecule has 0 saturated carbocycles. The molecule has 0 radical (unpaired) electrons. The van der Waals surface area contributed by atoms with Gasteiger partial charge >= 0.3 is 0 Å². The number of nitrogen functional groups attached to an aromatic ring is 1. The van der Waals surface area contributed by atoms with Crippen molar-refractivity contribution < 1.29 is 19.1 Å². The Morgan fingerprint density at radius 3 is 2.69 bits per heavy atom. The molecule has 9 heteroatoms. The summed E-state index contributed by atoms with van der Waals surface area (Å²) >= 11 is 0. The monoisotopic (exact) mass is 391 g/mol. The van der Waals surface area contributed by atoms with Crippen LogP contribution < -0.4 is 5.73 Å². The van der Waals surface area contributed by atoms with E-state index < -0.39 is 0 Å². The van der Waals surface area contributed by atoms with E-state index in [9.17, 15) is 10.1 Å². The van der Waals surface area contributed by atoms with Crippen LogP contribution in [0.1, 0.15) is 27.2 Å². The molecule has 0 aromatic carbocycles. The minimum atomic E-state index is -0.250. The largest absolute Gasteiger partial charge is 0.483 e. The number of aromatic nitrogens is 2. The first-order valence-corrected chi connectivity index (χ1v) is 8.63. The third-order valence-corrected chi connectivity index (χ3v) is 4.47. The lowest BCUT2D eigenvalue weighted by Crippen LogP contribution is -2.37. The van der Waals surface area contributed by atoms with Gasteiger partial charge in [-0.2, -0.15) is 5.26 Å². The lowest BCUT2D eigenvalue weighted by atomic mass is 9.94. The van der Waals surface area contributed by atoms with Gasteiger partial charge in [0.1, 0.15) is 23.2 Å². The summed E-state index contributed by atoms with van der Waals surface area (Å²) in [5, 5.41) is 16.4. The minimum Gasteiger partial charge on any atom is -0.483 e. The molecule has 0 saturated heterocycles. The van der Waals surface area contributed by atoms with Gasteiger partial charge in [-0.25, -0.2) is 4.98 Å². The second-order valence-electron chi connectivity index (χ2n) is 6.08. The molecule has 0 unspecified atom stereocenters. The van der Waals surface area contributed by atoms with Crippen molar-refractivity contribution in [2.75, 3.05) is 12.3 Å². The van der Waals surface area contributed by atoms with Gasteiger partial charge in [0.2, 0.25) is 0 Å². The number of nitriles is 1. The van der Waals surface area contributed by atoms with Crippen molar-refractivity contribution in [3.05, 3.63) is 65.3 Å². The number of hydrogen-bond acceptors (Lipinski definition) is 7. The van der Waals surface area contributed by atoms with E-state index in [1.54, 1.807) is 47.8 Å². The molecule has 146 valence electrons. The summed E-state index contributed by atoms with van der Waals surface area (Å²) < 4.78 is 5.52. The van der Waals surface area contributed by atoms with Gasteiger partial charge in [-0.15, -0.1) is 0 Å². The Bertz CT molecular complexity index is 1060. The minimum absolute atomic E-state index is 0.0845. The fraction of sp³-hybridized carbons (Fsp3) is 0.150. The van der Waals surface area contributed by atoms with E-state index >= 15 is 0 Å². The first kappa shape index (κ1) is 19.6. The molecule has 0 spiro atoms. The topological polar surface area (TPSA) is 146 Å². The summed E-state index contributed by atoms with van der Waals surface area (Å²) in [4.78, 5) is 31.2. The number of nitrogens with zero attached hydrogens (tertiary/aromatic N) is 4. The fourth-order valence-electron chi connectivity index (χ4n) is 3.24. The van der Waals surface area contributed by atoms with E-state index in [1.165, 1.54) is 0 Å². The second-order valence-corrected chi connectivity index (χ2v) is 6.08. The fourth-order valence-corrected chi connectivity index (χ4v) is 3.24. The number of nitrogens with two attached hydrogens (primary N) is 1. The van der Waals surface area contributed by atoms with E-state index in [1.807, 2.05) is 0 Å². The Morgan fingerprint density at radius 2 is 2.07 bits per heavy atom. The van der Waals surface area contributed by atoms with Gasteiger partial charge in [-0.1, -0.05) is 0 Å². The van der Waals surface area contributed by atoms with Crippen molar-refractivity contribution in [3.8, 4) is 17.4 Å². The number of pyridine rings is 2. The van der Waals surface area contributed by atoms with Crippen molar-refractivity contribution >= 4 is 18.2 Å². The molecule has 3 N–H and O–H groups in total. The highest BCUT2D eigenvalue weighted by Crippen LogP contribution is 2.35. The number of carboxylic acid groups (broad SMARTS) is 1. The third kappa shape index (κ3) is 3.91. The molecule has 1 aliphatic heterocycles. The number of anilines is 1. The first-order chi connectivity index (χ1) is 14.1. The Labute approximate surface area is 166 Å². The summed E-state index contributed by atoms with van der Waals surface area (Å²) in [6, 6.07) is 9.02. The molecular weight excluding hydrogens is 374 g/mol. The number of rotatable bonds is 2. The molecule has 9 nitrogen and oxygen atoms in total. The number of carbonyl (C=O) groups excluding carboxylic acids is 1. The summed E-state index contributed by atoms with van der Waals surface area (Å²) in [7, 11) is 0. The molecule has 0 fully saturated rings. The average molecular weight is 391 g/mol. The zero-order chi connectivity index (χ0) is 20.8. The number of carbonyl (C=O) groups is 2. The Balaban J connectivity index is 0.000000755. The van der Waals surface area contributed by atoms with Crippen LogP contribution in [0.2, 0.25) is 0 Å². The molecule has 4 heterocycles. The van der Waals surface area contributed by atoms with Crippen LogP contribution in [0, 0.1) is 11.3 Å². The van der Waals surface area contributed by atoms with Gasteiger partial charge in [0.15, 0.2) is 0 Å². The molecule has 0 atom stereocenters. The smallest absolute Gasteiger partial charge is 0.290 e. The van der Waals surface area contributed by atoms with Gasteiger partial charge in [0, 0.05) is 48.6 Å². The van der Waals surface area contributed by atoms with Crippen LogP contribution in [-0.4, -0.2) is 38.9 Å². The highest BCUT2D eigenvalue weighted by molar-refractivity contribution is 5.94. The van der Waals surface area contributed by atoms with Crippen molar-refractivity contribution in [2.45, 2.75) is 13.0 Å². The zero-order valence-electron chi connectivity index (χ0n) is 15.3. The second kappa shape index (κ2) is 8.67. The van der Waals surface area contributed by atoms with Crippen LogP contribution in [0.3, 0.4) is 0 Å². The van der Waals surface area contributed by atoms with E-state index in [2.05, 4.69) is 16.0 Å². The molecule has 0 bridgehead atoms. The predicted octanol–water partition coefficient (Wildman–Crippen LogP) is 2.09. The molecule has 3 aromatic heterocycles. The van der Waals surface area contributed by atoms with E-state index in [4.69, 9.17) is 20.1 Å². The maximum atomic E-state index is 12.8. The molecular formula is C20H17N5O4. The van der Waals surface area contributed by atoms with Crippen LogP contribution in [0.25, 0.3) is 11.3 Å². The molecule has 0 aliphatic carbocycles. The van der Waals surface area contributed by atoms with Crippen LogP contribution in [0.4, 0.5) is 5.82 Å². The van der Waals surface area contributed by atoms with Crippen molar-refractivity contribution in [3.63, 3.8) is 0 Å². The van der Waals surface area contributed by atoms with Crippen LogP contribution in [0.15, 0.2) is 47.3 Å². The Kier molecular flexibility index (Phi) is 5.85. The summed E-state index contributed by atoms with van der Waals surface area (Å²) in [6.07, 6.45) is 5.29. The van der Waals surface area contributed by atoms with Gasteiger partial charge < -0.3 is 20.2 Å². The van der Waals surface area contributed by atoms with E-state index in [0.717, 1.165) is 11.3 Å². The lowest BCUT2D eigenvalue weighted by molar-refractivity contribution is -0.122. The lowest BCUT2D eigenvalue weighted by Gasteiger charge is -2.30. The van der Waals surface area contributed by atoms with Crippen LogP contribution in [-0.2, 0) is 17.8 Å². The van der Waals surface area contributed by atoms with Gasteiger partial charge in [0.25, 0.3) is 12.4 Å². The van der Waals surface area contributed by atoms with Gasteiger partial charge in [0.05, 0.1) is 12.0 Å². The number of fused-ring (bicyclic) bond motifs is 1. The van der Waals surface area contributed by atoms with Gasteiger partial charge in [-0.05, 0) is 24.3 Å². The molecule has 29 heavy (non-hydrogen) atoms. The third-order valence-electron chi connectivity index (χ3n) is 4.47. The Hall–Kier alpha value is -4.19. The maximum Gasteiger partial charge on any atom is 0.290 e. The summed E-state index contributed by atoms with van der Waals surface area (Å²) in [5.74, 6) is 0.649. The SMILES string of the molecule is N#Cc1c(N)nc2c(c1-c1ccco1)CN(C(=O)c1ccncc1)CC2.O=CO. The van der Waals surface area contributed by atoms with Crippen molar-refractivity contribution in [2.24, 2.45) is 0 Å². The summed E-state index contributed by atoms with van der Waals surface area (Å²) in [6.45, 7) is 0.624. The standard InChI is InChI=1S/C19H15N5O2.CH2O2/c20-10-13-17(16-2-1-9-26-16)14-11-24(8-5-15(14)23-18(13)21)19(25)12-3-6-22-7-4-12;2-1-3/h1-4,6-7,9H,5,8,11H2,(H2,21,23);1H,(H,2,3). The van der Waals surface area contributed by atoms with Gasteiger partial charge in [-0.3, -0.25) is 14.6 Å². The van der Waals surface area contributed by atoms with E-state index in [-0.39, 0.29) is 23.8 Å². The summed E-state index contributed by atoms with van der Waals surface area (Å²) in [5.41, 5.74) is 9.06. The van der Waals surface area contributed by atoms with E-state index in [0.29, 0.717) is 36.4 Å². The molecule has 1 aliphatic rings. The quantitative estimate of drug-likeness (QED) is 0.631. The zero-order valence-corrected chi connectivity index (χ0v) is 15.3. The Morgan fingerprint density at radius 1 is 1.34 bits per heavy atom. The van der Waals surface area contributed by atoms with Crippen molar-refractivity contribution in [1.29, 1.82) is 5.26 Å². The molecule has 3 aromatic rings. The van der Waals surface area contributed by atoms with Crippen LogP contribution >= 0.6 is 0 Å². The average Bonchev–Trinajstić information content (AvgIpc) is 3.27. The first-order valence-electron chi connectivity index (χ1n) is 8.63. The predicted molar refractivity (Wildman–Crippen MR) is 102 cm³/mol. The number of hydrogen-bond donors (Lipinski definition) is 2. The normalized spacial score (nSPS) is 12.2. The highest BCUT2D eigenvalue weighted by Gasteiger charge is 2.28.